The van der Waals surface area contributed by atoms with Crippen LogP contribution in [0.5, 0.6) is 0 Å². The monoisotopic (exact) mass is 269 g/mol. The van der Waals surface area contributed by atoms with Crippen LogP contribution in [-0.4, -0.2) is 4.98 Å². The highest BCUT2D eigenvalue weighted by Crippen LogP contribution is 2.28. The molecule has 0 N–H and O–H groups in total. The van der Waals surface area contributed by atoms with Crippen LogP contribution in [0.2, 0.25) is 5.15 Å². The summed E-state index contributed by atoms with van der Waals surface area (Å²) >= 11 is 8.72. The molecule has 0 aromatic carbocycles. The third-order valence-electron chi connectivity index (χ3n) is 1.66. The van der Waals surface area contributed by atoms with E-state index in [2.05, 4.69) is 20.9 Å². The summed E-state index contributed by atoms with van der Waals surface area (Å²) in [5, 5.41) is 0.532. The van der Waals surface area contributed by atoms with Gasteiger partial charge in [0.25, 0.3) is 6.43 Å². The Labute approximate surface area is 88.2 Å². The van der Waals surface area contributed by atoms with Gasteiger partial charge in [0.05, 0.1) is 5.69 Å². The predicted molar refractivity (Wildman–Crippen MR) is 51.6 cm³/mol. The smallest absolute Gasteiger partial charge is 0.240 e. The molecule has 1 nitrogen and oxygen atoms in total. The summed E-state index contributed by atoms with van der Waals surface area (Å²) < 4.78 is 25.0. The van der Waals surface area contributed by atoms with Crippen molar-refractivity contribution >= 4 is 27.5 Å². The van der Waals surface area contributed by atoms with Crippen LogP contribution in [0.1, 0.15) is 23.2 Å². The van der Waals surface area contributed by atoms with Crippen molar-refractivity contribution in [3.05, 3.63) is 28.0 Å². The molecule has 0 bridgehead atoms. The highest BCUT2D eigenvalue weighted by molar-refractivity contribution is 9.08. The minimum Gasteiger partial charge on any atom is -0.240 e. The molecule has 0 radical (unpaired) electrons. The fourth-order valence-corrected chi connectivity index (χ4v) is 1.80. The predicted octanol–water partition coefficient (Wildman–Crippen LogP) is 3.88. The molecule has 1 heterocycles. The molecule has 0 saturated heterocycles. The van der Waals surface area contributed by atoms with E-state index >= 15 is 0 Å². The maximum absolute atomic E-state index is 12.5. The molecule has 13 heavy (non-hydrogen) atoms. The molecule has 1 rings (SSSR count). The molecule has 5 heteroatoms. The van der Waals surface area contributed by atoms with Gasteiger partial charge in [-0.15, -0.1) is 0 Å². The quantitative estimate of drug-likeness (QED) is 0.587. The van der Waals surface area contributed by atoms with Gasteiger partial charge in [0, 0.05) is 10.9 Å². The number of alkyl halides is 3. The Morgan fingerprint density at radius 3 is 2.69 bits per heavy atom. The van der Waals surface area contributed by atoms with Gasteiger partial charge in [0.1, 0.15) is 5.15 Å². The molecule has 72 valence electrons. The molecule has 0 aliphatic carbocycles. The van der Waals surface area contributed by atoms with Crippen LogP contribution in [0.3, 0.4) is 0 Å². The van der Waals surface area contributed by atoms with Crippen LogP contribution >= 0.6 is 27.5 Å². The average molecular weight is 271 g/mol. The van der Waals surface area contributed by atoms with Crippen molar-refractivity contribution in [3.63, 3.8) is 0 Å². The van der Waals surface area contributed by atoms with Crippen molar-refractivity contribution in [1.29, 1.82) is 0 Å². The highest BCUT2D eigenvalue weighted by Gasteiger charge is 2.17. The molecule has 0 amide bonds. The van der Waals surface area contributed by atoms with Gasteiger partial charge in [-0.25, -0.2) is 13.8 Å². The second-order valence-corrected chi connectivity index (χ2v) is 3.50. The van der Waals surface area contributed by atoms with E-state index < -0.39 is 6.43 Å². The molecule has 0 aliphatic rings. The van der Waals surface area contributed by atoms with Gasteiger partial charge in [-0.1, -0.05) is 27.5 Å². The Hall–Kier alpha value is -0.220. The molecule has 0 unspecified atom stereocenters. The first-order chi connectivity index (χ1) is 6.06. The van der Waals surface area contributed by atoms with Crippen LogP contribution in [0.4, 0.5) is 8.78 Å². The Morgan fingerprint density at radius 2 is 2.23 bits per heavy atom. The first-order valence-corrected chi connectivity index (χ1v) is 5.06. The Kier molecular flexibility index (Phi) is 3.62. The summed E-state index contributed by atoms with van der Waals surface area (Å²) in [4.78, 5) is 3.81. The maximum atomic E-state index is 12.5. The lowest BCUT2D eigenvalue weighted by atomic mass is 10.1. The minimum atomic E-state index is -2.50. The molecule has 1 aromatic rings. The van der Waals surface area contributed by atoms with Crippen molar-refractivity contribution in [2.24, 2.45) is 0 Å². The minimum absolute atomic E-state index is 0.0266. The zero-order chi connectivity index (χ0) is 10.0. The summed E-state index contributed by atoms with van der Waals surface area (Å²) in [6, 6.07) is 1.44. The number of nitrogens with zero attached hydrogens (tertiary/aromatic N) is 1. The van der Waals surface area contributed by atoms with Gasteiger partial charge in [-0.3, -0.25) is 0 Å². The molecular formula is C8H7BrClF2N. The molecule has 1 aromatic heterocycles. The number of hydrogen-bond acceptors (Lipinski definition) is 1. The van der Waals surface area contributed by atoms with E-state index in [1.165, 1.54) is 6.07 Å². The van der Waals surface area contributed by atoms with Gasteiger partial charge in [0.15, 0.2) is 0 Å². The zero-order valence-electron chi connectivity index (χ0n) is 6.82. The van der Waals surface area contributed by atoms with Crippen LogP contribution in [0.15, 0.2) is 6.07 Å². The van der Waals surface area contributed by atoms with E-state index in [0.29, 0.717) is 11.3 Å². The zero-order valence-corrected chi connectivity index (χ0v) is 9.16. The van der Waals surface area contributed by atoms with E-state index in [4.69, 9.17) is 11.6 Å². The molecule has 0 aliphatic heterocycles. The average Bonchev–Trinajstić information content (AvgIpc) is 2.01. The molecular weight excluding hydrogens is 263 g/mol. The first-order valence-electron chi connectivity index (χ1n) is 3.56. The van der Waals surface area contributed by atoms with E-state index in [1.807, 2.05) is 0 Å². The van der Waals surface area contributed by atoms with E-state index in [0.717, 1.165) is 0 Å². The van der Waals surface area contributed by atoms with E-state index in [9.17, 15) is 8.78 Å². The lowest BCUT2D eigenvalue weighted by Crippen LogP contribution is -1.99. The van der Waals surface area contributed by atoms with Gasteiger partial charge in [-0.05, 0) is 18.6 Å². The number of halogens is 4. The van der Waals surface area contributed by atoms with Crippen molar-refractivity contribution in [2.45, 2.75) is 18.7 Å². The largest absolute Gasteiger partial charge is 0.265 e. The molecule has 0 spiro atoms. The SMILES string of the molecule is Cc1cc(Cl)nc(CBr)c1C(F)F. The van der Waals surface area contributed by atoms with Crippen LogP contribution < -0.4 is 0 Å². The maximum Gasteiger partial charge on any atom is 0.265 e. The summed E-state index contributed by atoms with van der Waals surface area (Å²) in [6.45, 7) is 1.60. The second kappa shape index (κ2) is 4.33. The van der Waals surface area contributed by atoms with E-state index in [1.54, 1.807) is 6.92 Å². The molecule has 0 fully saturated rings. The van der Waals surface area contributed by atoms with Gasteiger partial charge < -0.3 is 0 Å². The highest BCUT2D eigenvalue weighted by atomic mass is 79.9. The van der Waals surface area contributed by atoms with Gasteiger partial charge >= 0.3 is 0 Å². The number of pyridine rings is 1. The van der Waals surface area contributed by atoms with Crippen LogP contribution in [0.25, 0.3) is 0 Å². The Balaban J connectivity index is 3.30. The summed E-state index contributed by atoms with van der Waals surface area (Å²) in [6.07, 6.45) is -2.50. The van der Waals surface area contributed by atoms with Crippen LogP contribution in [0, 0.1) is 6.92 Å². The fraction of sp³-hybridized carbons (Fsp3) is 0.375. The van der Waals surface area contributed by atoms with Crippen molar-refractivity contribution in [2.75, 3.05) is 0 Å². The second-order valence-electron chi connectivity index (χ2n) is 2.56. The van der Waals surface area contributed by atoms with Gasteiger partial charge in [0.2, 0.25) is 0 Å². The fourth-order valence-electron chi connectivity index (χ4n) is 1.11. The summed E-state index contributed by atoms with van der Waals surface area (Å²) in [5.41, 5.74) is 0.755. The Bertz CT molecular complexity index is 317. The number of rotatable bonds is 2. The topological polar surface area (TPSA) is 12.9 Å². The standard InChI is InChI=1S/C8H7BrClF2N/c1-4-2-6(10)13-5(3-9)7(4)8(11)12/h2,8H,3H2,1H3. The molecule has 0 atom stereocenters. The van der Waals surface area contributed by atoms with Crippen molar-refractivity contribution in [1.82, 2.24) is 4.98 Å². The lowest BCUT2D eigenvalue weighted by Gasteiger charge is -2.09. The van der Waals surface area contributed by atoms with Crippen LogP contribution in [-0.2, 0) is 5.33 Å². The number of hydrogen-bond donors (Lipinski definition) is 0. The normalized spacial score (nSPS) is 10.9. The third kappa shape index (κ3) is 2.38. The summed E-state index contributed by atoms with van der Waals surface area (Å²) in [5.74, 6) is 0. The Morgan fingerprint density at radius 1 is 1.62 bits per heavy atom. The van der Waals surface area contributed by atoms with Crippen molar-refractivity contribution in [3.8, 4) is 0 Å². The van der Waals surface area contributed by atoms with Gasteiger partial charge in [-0.2, -0.15) is 0 Å². The first kappa shape index (κ1) is 10.9. The van der Waals surface area contributed by atoms with Crippen molar-refractivity contribution < 1.29 is 8.78 Å². The van der Waals surface area contributed by atoms with E-state index in [-0.39, 0.29) is 16.0 Å². The summed E-state index contributed by atoms with van der Waals surface area (Å²) in [7, 11) is 0. The number of aryl methyl sites for hydroxylation is 1. The number of aromatic nitrogens is 1. The lowest BCUT2D eigenvalue weighted by molar-refractivity contribution is 0.149. The third-order valence-corrected chi connectivity index (χ3v) is 2.38. The molecule has 0 saturated carbocycles.